The zero-order valence-electron chi connectivity index (χ0n) is 11.7. The van der Waals surface area contributed by atoms with Gasteiger partial charge in [-0.3, -0.25) is 9.59 Å². The fourth-order valence-corrected chi connectivity index (χ4v) is 2.64. The Balaban J connectivity index is 2.06. The van der Waals surface area contributed by atoms with E-state index in [9.17, 15) is 9.59 Å². The summed E-state index contributed by atoms with van der Waals surface area (Å²) in [4.78, 5) is 25.8. The first-order valence-corrected chi connectivity index (χ1v) is 6.90. The SMILES string of the molecule is COC(=O)CC1CCCCN1C(=O)C(C)=C1CNC1. The molecule has 2 aliphatic rings. The minimum absolute atomic E-state index is 0.00251. The van der Waals surface area contributed by atoms with Crippen molar-refractivity contribution in [2.45, 2.75) is 38.6 Å². The normalized spacial score (nSPS) is 22.7. The number of piperidine rings is 1. The van der Waals surface area contributed by atoms with E-state index >= 15 is 0 Å². The van der Waals surface area contributed by atoms with E-state index in [1.54, 1.807) is 0 Å². The van der Waals surface area contributed by atoms with Crippen LogP contribution in [0, 0.1) is 0 Å². The monoisotopic (exact) mass is 266 g/mol. The molecule has 5 nitrogen and oxygen atoms in total. The molecule has 1 unspecified atom stereocenters. The fraction of sp³-hybridized carbons (Fsp3) is 0.714. The van der Waals surface area contributed by atoms with Crippen molar-refractivity contribution in [2.24, 2.45) is 0 Å². The molecule has 1 N–H and O–H groups in total. The molecule has 0 bridgehead atoms. The van der Waals surface area contributed by atoms with Crippen LogP contribution < -0.4 is 5.32 Å². The molecule has 0 spiro atoms. The third-order valence-corrected chi connectivity index (χ3v) is 4.05. The van der Waals surface area contributed by atoms with E-state index in [0.29, 0.717) is 6.42 Å². The second kappa shape index (κ2) is 6.19. The molecule has 2 heterocycles. The van der Waals surface area contributed by atoms with Crippen molar-refractivity contribution in [3.05, 3.63) is 11.1 Å². The first kappa shape index (κ1) is 14.1. The highest BCUT2D eigenvalue weighted by Crippen LogP contribution is 2.23. The van der Waals surface area contributed by atoms with Gasteiger partial charge in [-0.1, -0.05) is 0 Å². The van der Waals surface area contributed by atoms with Crippen LogP contribution in [-0.2, 0) is 14.3 Å². The van der Waals surface area contributed by atoms with E-state index < -0.39 is 0 Å². The van der Waals surface area contributed by atoms with Gasteiger partial charge in [0, 0.05) is 31.2 Å². The van der Waals surface area contributed by atoms with Crippen molar-refractivity contribution in [1.82, 2.24) is 10.2 Å². The number of esters is 1. The molecular weight excluding hydrogens is 244 g/mol. The van der Waals surface area contributed by atoms with Gasteiger partial charge in [0.05, 0.1) is 13.5 Å². The maximum Gasteiger partial charge on any atom is 0.307 e. The third-order valence-electron chi connectivity index (χ3n) is 4.05. The predicted octanol–water partition coefficient (Wildman–Crippen LogP) is 0.850. The van der Waals surface area contributed by atoms with Crippen molar-refractivity contribution in [3.63, 3.8) is 0 Å². The largest absolute Gasteiger partial charge is 0.469 e. The lowest BCUT2D eigenvalue weighted by Crippen LogP contribution is -2.46. The quantitative estimate of drug-likeness (QED) is 0.608. The van der Waals surface area contributed by atoms with E-state index in [0.717, 1.165) is 44.5 Å². The minimum atomic E-state index is -0.236. The molecule has 0 saturated carbocycles. The van der Waals surface area contributed by atoms with Crippen LogP contribution in [0.4, 0.5) is 0 Å². The van der Waals surface area contributed by atoms with E-state index in [-0.39, 0.29) is 17.9 Å². The number of likely N-dealkylation sites (tertiary alicyclic amines) is 1. The van der Waals surface area contributed by atoms with E-state index in [2.05, 4.69) is 5.32 Å². The van der Waals surface area contributed by atoms with Gasteiger partial charge in [0.1, 0.15) is 0 Å². The summed E-state index contributed by atoms with van der Waals surface area (Å²) in [6.07, 6.45) is 3.29. The van der Waals surface area contributed by atoms with Crippen LogP contribution in [0.2, 0.25) is 0 Å². The fourth-order valence-electron chi connectivity index (χ4n) is 2.64. The Kier molecular flexibility index (Phi) is 4.58. The summed E-state index contributed by atoms with van der Waals surface area (Å²) < 4.78 is 4.72. The Hall–Kier alpha value is -1.36. The number of hydrogen-bond donors (Lipinski definition) is 1. The van der Waals surface area contributed by atoms with Crippen LogP contribution >= 0.6 is 0 Å². The second-order valence-electron chi connectivity index (χ2n) is 5.26. The predicted molar refractivity (Wildman–Crippen MR) is 71.6 cm³/mol. The zero-order chi connectivity index (χ0) is 13.8. The van der Waals surface area contributed by atoms with Crippen molar-refractivity contribution < 1.29 is 14.3 Å². The number of methoxy groups -OCH3 is 1. The summed E-state index contributed by atoms with van der Waals surface area (Å²) in [6.45, 7) is 4.26. The summed E-state index contributed by atoms with van der Waals surface area (Å²) in [5.41, 5.74) is 2.03. The summed E-state index contributed by atoms with van der Waals surface area (Å²) in [5.74, 6) is -0.148. The summed E-state index contributed by atoms with van der Waals surface area (Å²) in [5, 5.41) is 3.15. The molecule has 1 atom stereocenters. The molecule has 0 aromatic rings. The standard InChI is InChI=1S/C14H22N2O3/c1-10(11-8-15-9-11)14(18)16-6-4-3-5-12(16)7-13(17)19-2/h12,15H,3-9H2,1-2H3. The molecule has 5 heteroatoms. The molecule has 0 aromatic heterocycles. The van der Waals surface area contributed by atoms with Gasteiger partial charge in [-0.25, -0.2) is 0 Å². The van der Waals surface area contributed by atoms with Gasteiger partial charge < -0.3 is 15.0 Å². The van der Waals surface area contributed by atoms with Gasteiger partial charge in [-0.15, -0.1) is 0 Å². The van der Waals surface area contributed by atoms with Crippen molar-refractivity contribution in [2.75, 3.05) is 26.7 Å². The maximum atomic E-state index is 12.5. The highest BCUT2D eigenvalue weighted by Gasteiger charge is 2.30. The Bertz CT molecular complexity index is 397. The maximum absolute atomic E-state index is 12.5. The van der Waals surface area contributed by atoms with Gasteiger partial charge in [-0.2, -0.15) is 0 Å². The molecule has 106 valence electrons. The number of carbonyl (C=O) groups is 2. The lowest BCUT2D eigenvalue weighted by molar-refractivity contribution is -0.143. The lowest BCUT2D eigenvalue weighted by atomic mass is 9.96. The number of rotatable bonds is 3. The third kappa shape index (κ3) is 3.15. The summed E-state index contributed by atoms with van der Waals surface area (Å²) >= 11 is 0. The molecular formula is C14H22N2O3. The molecule has 0 aliphatic carbocycles. The molecule has 2 saturated heterocycles. The van der Waals surface area contributed by atoms with Crippen molar-refractivity contribution in [3.8, 4) is 0 Å². The highest BCUT2D eigenvalue weighted by atomic mass is 16.5. The lowest BCUT2D eigenvalue weighted by Gasteiger charge is -2.36. The van der Waals surface area contributed by atoms with Crippen LogP contribution in [-0.4, -0.2) is 49.6 Å². The zero-order valence-corrected chi connectivity index (χ0v) is 11.7. The summed E-state index contributed by atoms with van der Waals surface area (Å²) in [6, 6.07) is -0.00251. The van der Waals surface area contributed by atoms with Crippen LogP contribution in [0.1, 0.15) is 32.6 Å². The molecule has 19 heavy (non-hydrogen) atoms. The smallest absolute Gasteiger partial charge is 0.307 e. The van der Waals surface area contributed by atoms with Gasteiger partial charge >= 0.3 is 5.97 Å². The molecule has 0 radical (unpaired) electrons. The van der Waals surface area contributed by atoms with E-state index in [4.69, 9.17) is 4.74 Å². The molecule has 0 aromatic carbocycles. The minimum Gasteiger partial charge on any atom is -0.469 e. The number of ether oxygens (including phenoxy) is 1. The van der Waals surface area contributed by atoms with Crippen molar-refractivity contribution in [1.29, 1.82) is 0 Å². The number of carbonyl (C=O) groups excluding carboxylic acids is 2. The Labute approximate surface area is 114 Å². The van der Waals surface area contributed by atoms with E-state index in [1.807, 2.05) is 11.8 Å². The summed E-state index contributed by atoms with van der Waals surface area (Å²) in [7, 11) is 1.39. The first-order valence-electron chi connectivity index (χ1n) is 6.90. The average Bonchev–Trinajstić information content (AvgIpc) is 2.36. The molecule has 2 aliphatic heterocycles. The van der Waals surface area contributed by atoms with Crippen LogP contribution in [0.5, 0.6) is 0 Å². The van der Waals surface area contributed by atoms with Crippen molar-refractivity contribution >= 4 is 11.9 Å². The molecule has 2 rings (SSSR count). The topological polar surface area (TPSA) is 58.6 Å². The number of amides is 1. The Morgan fingerprint density at radius 1 is 1.37 bits per heavy atom. The van der Waals surface area contributed by atoms with Crippen LogP contribution in [0.25, 0.3) is 0 Å². The number of nitrogens with zero attached hydrogens (tertiary/aromatic N) is 1. The number of hydrogen-bond acceptors (Lipinski definition) is 4. The highest BCUT2D eigenvalue weighted by molar-refractivity contribution is 5.94. The molecule has 1 amide bonds. The second-order valence-corrected chi connectivity index (χ2v) is 5.26. The average molecular weight is 266 g/mol. The van der Waals surface area contributed by atoms with Gasteiger partial charge in [0.2, 0.25) is 5.91 Å². The first-order chi connectivity index (χ1) is 9.13. The van der Waals surface area contributed by atoms with E-state index in [1.165, 1.54) is 12.7 Å². The van der Waals surface area contributed by atoms with Gasteiger partial charge in [0.15, 0.2) is 0 Å². The van der Waals surface area contributed by atoms with Crippen LogP contribution in [0.15, 0.2) is 11.1 Å². The number of nitrogens with one attached hydrogen (secondary N) is 1. The Morgan fingerprint density at radius 2 is 2.11 bits per heavy atom. The van der Waals surface area contributed by atoms with Gasteiger partial charge in [-0.05, 0) is 31.8 Å². The van der Waals surface area contributed by atoms with Gasteiger partial charge in [0.25, 0.3) is 0 Å². The molecule has 2 fully saturated rings. The Morgan fingerprint density at radius 3 is 2.68 bits per heavy atom. The van der Waals surface area contributed by atoms with Crippen LogP contribution in [0.3, 0.4) is 0 Å².